The largest absolute Gasteiger partial charge is 0.369 e. The van der Waals surface area contributed by atoms with Crippen LogP contribution in [0.4, 0.5) is 5.82 Å². The zero-order chi connectivity index (χ0) is 15.0. The lowest BCUT2D eigenvalue weighted by Gasteiger charge is -2.07. The van der Waals surface area contributed by atoms with Crippen molar-refractivity contribution >= 4 is 21.7 Å². The SMILES string of the molecule is CCCNc1cncc(C(=O)NCCS(=O)(=O)NC)n1. The van der Waals surface area contributed by atoms with Crippen LogP contribution in [0.25, 0.3) is 0 Å². The van der Waals surface area contributed by atoms with Crippen molar-refractivity contribution in [2.75, 3.05) is 31.2 Å². The van der Waals surface area contributed by atoms with Crippen molar-refractivity contribution in [1.82, 2.24) is 20.0 Å². The summed E-state index contributed by atoms with van der Waals surface area (Å²) in [6.45, 7) is 2.76. The van der Waals surface area contributed by atoms with Crippen molar-refractivity contribution < 1.29 is 13.2 Å². The van der Waals surface area contributed by atoms with Gasteiger partial charge in [0.25, 0.3) is 5.91 Å². The van der Waals surface area contributed by atoms with Gasteiger partial charge in [0.1, 0.15) is 11.5 Å². The average Bonchev–Trinajstić information content (AvgIpc) is 2.45. The Morgan fingerprint density at radius 3 is 2.70 bits per heavy atom. The first kappa shape index (κ1) is 16.3. The molecule has 0 fully saturated rings. The van der Waals surface area contributed by atoms with E-state index in [0.717, 1.165) is 13.0 Å². The molecule has 0 spiro atoms. The lowest BCUT2D eigenvalue weighted by molar-refractivity contribution is 0.0951. The van der Waals surface area contributed by atoms with E-state index in [1.54, 1.807) is 0 Å². The van der Waals surface area contributed by atoms with Gasteiger partial charge < -0.3 is 10.6 Å². The predicted molar refractivity (Wildman–Crippen MR) is 76.0 cm³/mol. The second-order valence-electron chi connectivity index (χ2n) is 4.00. The quantitative estimate of drug-likeness (QED) is 0.601. The first-order valence-electron chi connectivity index (χ1n) is 6.24. The van der Waals surface area contributed by atoms with Gasteiger partial charge in [0.15, 0.2) is 0 Å². The van der Waals surface area contributed by atoms with Crippen LogP contribution < -0.4 is 15.4 Å². The molecule has 0 saturated heterocycles. The van der Waals surface area contributed by atoms with Crippen LogP contribution in [-0.2, 0) is 10.0 Å². The molecule has 9 heteroatoms. The molecule has 0 aromatic carbocycles. The fourth-order valence-electron chi connectivity index (χ4n) is 1.31. The lowest BCUT2D eigenvalue weighted by Crippen LogP contribution is -2.33. The van der Waals surface area contributed by atoms with Crippen molar-refractivity contribution in [3.05, 3.63) is 18.1 Å². The van der Waals surface area contributed by atoms with Gasteiger partial charge in [-0.2, -0.15) is 0 Å². The molecule has 0 radical (unpaired) electrons. The molecule has 1 rings (SSSR count). The summed E-state index contributed by atoms with van der Waals surface area (Å²) in [7, 11) is -2.01. The van der Waals surface area contributed by atoms with E-state index in [2.05, 4.69) is 25.3 Å². The van der Waals surface area contributed by atoms with E-state index in [1.807, 2.05) is 6.92 Å². The molecule has 8 nitrogen and oxygen atoms in total. The molecule has 0 aliphatic heterocycles. The fourth-order valence-corrected chi connectivity index (χ4v) is 1.88. The lowest BCUT2D eigenvalue weighted by atomic mass is 10.4. The number of carbonyl (C=O) groups excluding carboxylic acids is 1. The van der Waals surface area contributed by atoms with Gasteiger partial charge in [0.2, 0.25) is 10.0 Å². The van der Waals surface area contributed by atoms with Gasteiger partial charge in [0.05, 0.1) is 18.1 Å². The van der Waals surface area contributed by atoms with Crippen molar-refractivity contribution in [2.45, 2.75) is 13.3 Å². The van der Waals surface area contributed by atoms with Crippen LogP contribution in [0.3, 0.4) is 0 Å². The Labute approximate surface area is 118 Å². The second-order valence-corrected chi connectivity index (χ2v) is 6.04. The molecule has 1 aromatic rings. The van der Waals surface area contributed by atoms with E-state index < -0.39 is 15.9 Å². The van der Waals surface area contributed by atoms with Gasteiger partial charge in [-0.25, -0.2) is 18.1 Å². The molecule has 3 N–H and O–H groups in total. The number of nitrogens with one attached hydrogen (secondary N) is 3. The number of hydrogen-bond acceptors (Lipinski definition) is 6. The summed E-state index contributed by atoms with van der Waals surface area (Å²) >= 11 is 0. The maximum Gasteiger partial charge on any atom is 0.271 e. The van der Waals surface area contributed by atoms with Gasteiger partial charge in [-0.05, 0) is 13.5 Å². The summed E-state index contributed by atoms with van der Waals surface area (Å²) in [5, 5.41) is 5.50. The molecule has 0 unspecified atom stereocenters. The minimum atomic E-state index is -3.33. The molecule has 1 heterocycles. The maximum atomic E-state index is 11.8. The second kappa shape index (κ2) is 7.75. The third kappa shape index (κ3) is 5.49. The topological polar surface area (TPSA) is 113 Å². The normalized spacial score (nSPS) is 11.1. The minimum absolute atomic E-state index is 0.0102. The summed E-state index contributed by atoms with van der Waals surface area (Å²) in [5.41, 5.74) is 0.146. The van der Waals surface area contributed by atoms with E-state index in [1.165, 1.54) is 19.4 Å². The number of rotatable bonds is 8. The Morgan fingerprint density at radius 1 is 1.30 bits per heavy atom. The molecule has 0 atom stereocenters. The zero-order valence-corrected chi connectivity index (χ0v) is 12.3. The smallest absolute Gasteiger partial charge is 0.271 e. The van der Waals surface area contributed by atoms with Crippen LogP contribution in [-0.4, -0.2) is 50.2 Å². The molecular weight excluding hydrogens is 282 g/mol. The average molecular weight is 301 g/mol. The number of sulfonamides is 1. The standard InChI is InChI=1S/C11H19N5O3S/c1-3-4-14-10-8-13-7-9(16-10)11(17)15-5-6-20(18,19)12-2/h7-8,12H,3-6H2,1-2H3,(H,14,16)(H,15,17). The van der Waals surface area contributed by atoms with Crippen LogP contribution in [0.1, 0.15) is 23.8 Å². The Balaban J connectivity index is 2.55. The molecule has 20 heavy (non-hydrogen) atoms. The van der Waals surface area contributed by atoms with E-state index in [0.29, 0.717) is 5.82 Å². The zero-order valence-electron chi connectivity index (χ0n) is 11.5. The van der Waals surface area contributed by atoms with Gasteiger partial charge in [-0.15, -0.1) is 0 Å². The van der Waals surface area contributed by atoms with E-state index >= 15 is 0 Å². The highest BCUT2D eigenvalue weighted by Gasteiger charge is 2.11. The number of hydrogen-bond donors (Lipinski definition) is 3. The first-order chi connectivity index (χ1) is 9.48. The van der Waals surface area contributed by atoms with Crippen LogP contribution in [0.5, 0.6) is 0 Å². The van der Waals surface area contributed by atoms with Gasteiger partial charge in [-0.3, -0.25) is 9.78 Å². The van der Waals surface area contributed by atoms with Crippen LogP contribution in [0.2, 0.25) is 0 Å². The third-order valence-corrected chi connectivity index (χ3v) is 3.75. The number of amides is 1. The monoisotopic (exact) mass is 301 g/mol. The van der Waals surface area contributed by atoms with E-state index in [-0.39, 0.29) is 18.0 Å². The van der Waals surface area contributed by atoms with Gasteiger partial charge in [-0.1, -0.05) is 6.92 Å². The molecule has 1 aromatic heterocycles. The number of anilines is 1. The van der Waals surface area contributed by atoms with Crippen LogP contribution in [0.15, 0.2) is 12.4 Å². The van der Waals surface area contributed by atoms with Crippen LogP contribution in [0, 0.1) is 0 Å². The molecule has 112 valence electrons. The van der Waals surface area contributed by atoms with Crippen molar-refractivity contribution in [3.63, 3.8) is 0 Å². The summed E-state index contributed by atoms with van der Waals surface area (Å²) in [6, 6.07) is 0. The molecule has 0 aliphatic carbocycles. The highest BCUT2D eigenvalue weighted by molar-refractivity contribution is 7.89. The summed E-state index contributed by atoms with van der Waals surface area (Å²) in [4.78, 5) is 19.8. The number of nitrogens with zero attached hydrogens (tertiary/aromatic N) is 2. The van der Waals surface area contributed by atoms with Crippen molar-refractivity contribution in [2.24, 2.45) is 0 Å². The predicted octanol–water partition coefficient (Wildman–Crippen LogP) is -0.422. The number of aromatic nitrogens is 2. The minimum Gasteiger partial charge on any atom is -0.369 e. The van der Waals surface area contributed by atoms with Gasteiger partial charge >= 0.3 is 0 Å². The first-order valence-corrected chi connectivity index (χ1v) is 7.89. The van der Waals surface area contributed by atoms with Crippen LogP contribution >= 0.6 is 0 Å². The van der Waals surface area contributed by atoms with Crippen molar-refractivity contribution in [3.8, 4) is 0 Å². The molecule has 0 saturated carbocycles. The Bertz CT molecular complexity index is 547. The maximum absolute atomic E-state index is 11.8. The highest BCUT2D eigenvalue weighted by atomic mass is 32.2. The molecule has 0 bridgehead atoms. The Hall–Kier alpha value is -1.74. The molecule has 0 aliphatic rings. The molecule has 1 amide bonds. The van der Waals surface area contributed by atoms with Gasteiger partial charge in [0, 0.05) is 13.1 Å². The summed E-state index contributed by atoms with van der Waals surface area (Å²) in [5.74, 6) is -0.123. The highest BCUT2D eigenvalue weighted by Crippen LogP contribution is 2.02. The third-order valence-electron chi connectivity index (χ3n) is 2.39. The van der Waals surface area contributed by atoms with Crippen molar-refractivity contribution in [1.29, 1.82) is 0 Å². The Kier molecular flexibility index (Phi) is 6.32. The number of carbonyl (C=O) groups is 1. The Morgan fingerprint density at radius 2 is 2.05 bits per heavy atom. The fraction of sp³-hybridized carbons (Fsp3) is 0.545. The summed E-state index contributed by atoms with van der Waals surface area (Å²) in [6.07, 6.45) is 3.79. The molecular formula is C11H19N5O3S. The van der Waals surface area contributed by atoms with E-state index in [4.69, 9.17) is 0 Å². The van der Waals surface area contributed by atoms with E-state index in [9.17, 15) is 13.2 Å². The summed E-state index contributed by atoms with van der Waals surface area (Å²) < 4.78 is 24.5.